The average Bonchev–Trinajstić information content (AvgIpc) is 2.75. The molecule has 2 aliphatic rings. The maximum absolute atomic E-state index is 13.1. The number of hydrogen-bond acceptors (Lipinski definition) is 6. The molecule has 0 bridgehead atoms. The highest BCUT2D eigenvalue weighted by Gasteiger charge is 2.32. The van der Waals surface area contributed by atoms with Gasteiger partial charge in [0.25, 0.3) is 0 Å². The summed E-state index contributed by atoms with van der Waals surface area (Å²) in [5, 5.41) is 0. The van der Waals surface area contributed by atoms with Crippen LogP contribution in [0.25, 0.3) is 0 Å². The molecule has 0 N–H and O–H groups in total. The second-order valence-electron chi connectivity index (χ2n) is 7.78. The van der Waals surface area contributed by atoms with Gasteiger partial charge in [-0.1, -0.05) is 13.3 Å². The highest BCUT2D eigenvalue weighted by molar-refractivity contribution is 5.97. The zero-order valence-electron chi connectivity index (χ0n) is 17.7. The molecule has 2 atom stereocenters. The molecule has 2 fully saturated rings. The van der Waals surface area contributed by atoms with Gasteiger partial charge in [-0.05, 0) is 37.9 Å². The predicted molar refractivity (Wildman–Crippen MR) is 110 cm³/mol. The molecule has 6 nitrogen and oxygen atoms in total. The molecule has 156 valence electrons. The number of piperidine rings is 1. The van der Waals surface area contributed by atoms with Crippen molar-refractivity contribution in [2.75, 3.05) is 47.5 Å². The van der Waals surface area contributed by atoms with Crippen molar-refractivity contribution >= 4 is 5.78 Å². The number of carbonyl (C=O) groups is 1. The van der Waals surface area contributed by atoms with E-state index in [0.717, 1.165) is 26.1 Å². The first-order chi connectivity index (χ1) is 13.6. The van der Waals surface area contributed by atoms with Crippen molar-refractivity contribution in [1.29, 1.82) is 0 Å². The molecule has 6 heteroatoms. The summed E-state index contributed by atoms with van der Waals surface area (Å²) in [6, 6.07) is 4.45. The van der Waals surface area contributed by atoms with Gasteiger partial charge in [0.05, 0.1) is 21.3 Å². The van der Waals surface area contributed by atoms with Gasteiger partial charge < -0.3 is 14.2 Å². The number of ketones is 1. The summed E-state index contributed by atoms with van der Waals surface area (Å²) in [6.45, 7) is 6.68. The van der Waals surface area contributed by atoms with Gasteiger partial charge in [-0.25, -0.2) is 0 Å². The van der Waals surface area contributed by atoms with Crippen LogP contribution in [0.2, 0.25) is 0 Å². The quantitative estimate of drug-likeness (QED) is 0.635. The molecule has 2 saturated heterocycles. The van der Waals surface area contributed by atoms with E-state index < -0.39 is 0 Å². The number of Topliss-reactive ketones (excluding diaryl/α,β-unsaturated/α-hetero) is 1. The van der Waals surface area contributed by atoms with Gasteiger partial charge in [-0.3, -0.25) is 14.6 Å². The molecule has 28 heavy (non-hydrogen) atoms. The van der Waals surface area contributed by atoms with Crippen molar-refractivity contribution in [1.82, 2.24) is 9.80 Å². The molecule has 2 heterocycles. The van der Waals surface area contributed by atoms with Crippen molar-refractivity contribution < 1.29 is 19.0 Å². The zero-order valence-corrected chi connectivity index (χ0v) is 17.7. The molecular weight excluding hydrogens is 356 g/mol. The highest BCUT2D eigenvalue weighted by Crippen LogP contribution is 2.38. The number of rotatable bonds is 8. The summed E-state index contributed by atoms with van der Waals surface area (Å²) < 4.78 is 16.2. The third kappa shape index (κ3) is 4.44. The summed E-state index contributed by atoms with van der Waals surface area (Å²) in [5.41, 5.74) is 0.615. The van der Waals surface area contributed by atoms with E-state index in [4.69, 9.17) is 14.2 Å². The summed E-state index contributed by atoms with van der Waals surface area (Å²) in [7, 11) is 4.72. The minimum atomic E-state index is 0.122. The monoisotopic (exact) mass is 390 g/mol. The molecule has 0 saturated carbocycles. The van der Waals surface area contributed by atoms with E-state index in [2.05, 4.69) is 16.7 Å². The molecule has 3 rings (SSSR count). The van der Waals surface area contributed by atoms with Crippen LogP contribution in [0, 0.1) is 0 Å². The van der Waals surface area contributed by atoms with Crippen molar-refractivity contribution in [3.05, 3.63) is 17.7 Å². The van der Waals surface area contributed by atoms with Crippen molar-refractivity contribution in [2.24, 2.45) is 0 Å². The average molecular weight is 391 g/mol. The lowest BCUT2D eigenvalue weighted by Crippen LogP contribution is -2.57. The van der Waals surface area contributed by atoms with E-state index in [1.165, 1.54) is 25.8 Å². The number of piperazine rings is 1. The summed E-state index contributed by atoms with van der Waals surface area (Å²) in [4.78, 5) is 18.2. The van der Waals surface area contributed by atoms with Crippen LogP contribution in [0.3, 0.4) is 0 Å². The van der Waals surface area contributed by atoms with Crippen LogP contribution in [-0.4, -0.2) is 75.2 Å². The SMILES string of the molecule is CCC(CC(=O)c1cc(OC)c(OC)c(OC)c1)N1CCN2CCCCC2C1. The van der Waals surface area contributed by atoms with Crippen LogP contribution in [0.5, 0.6) is 17.2 Å². The standard InChI is InChI=1S/C22H34N2O4/c1-5-17(24-11-10-23-9-7-6-8-18(23)15-24)14-19(25)16-12-20(26-2)22(28-4)21(13-16)27-3/h12-13,17-18H,5-11,14-15H2,1-4H3. The van der Waals surface area contributed by atoms with Crippen molar-refractivity contribution in [3.63, 3.8) is 0 Å². The highest BCUT2D eigenvalue weighted by atomic mass is 16.5. The molecule has 2 aliphatic heterocycles. The molecule has 0 spiro atoms. The van der Waals surface area contributed by atoms with Gasteiger partial charge in [0.15, 0.2) is 17.3 Å². The fraction of sp³-hybridized carbons (Fsp3) is 0.682. The number of carbonyl (C=O) groups excluding carboxylic acids is 1. The maximum Gasteiger partial charge on any atom is 0.203 e. The molecule has 2 unspecified atom stereocenters. The Bertz CT molecular complexity index is 653. The minimum absolute atomic E-state index is 0.122. The number of nitrogens with zero attached hydrogens (tertiary/aromatic N) is 2. The van der Waals surface area contributed by atoms with Crippen molar-refractivity contribution in [2.45, 2.75) is 51.1 Å². The van der Waals surface area contributed by atoms with E-state index in [1.807, 2.05) is 0 Å². The molecule has 1 aromatic carbocycles. The van der Waals surface area contributed by atoms with E-state index >= 15 is 0 Å². The lowest BCUT2D eigenvalue weighted by atomic mass is 9.95. The Morgan fingerprint density at radius 2 is 1.79 bits per heavy atom. The van der Waals surface area contributed by atoms with Gasteiger partial charge in [-0.15, -0.1) is 0 Å². The normalized spacial score (nSPS) is 21.6. The Labute approximate surface area is 168 Å². The summed E-state index contributed by atoms with van der Waals surface area (Å²) in [6.07, 6.45) is 5.43. The molecule has 0 aliphatic carbocycles. The Hall–Kier alpha value is -1.79. The largest absolute Gasteiger partial charge is 0.493 e. The summed E-state index contributed by atoms with van der Waals surface area (Å²) >= 11 is 0. The smallest absolute Gasteiger partial charge is 0.203 e. The van der Waals surface area contributed by atoms with Crippen LogP contribution in [-0.2, 0) is 0 Å². The second-order valence-corrected chi connectivity index (χ2v) is 7.78. The van der Waals surface area contributed by atoms with Gasteiger partial charge in [0.2, 0.25) is 5.75 Å². The summed E-state index contributed by atoms with van der Waals surface area (Å²) in [5.74, 6) is 1.68. The maximum atomic E-state index is 13.1. The van der Waals surface area contributed by atoms with E-state index in [1.54, 1.807) is 33.5 Å². The first-order valence-corrected chi connectivity index (χ1v) is 10.4. The second kappa shape index (κ2) is 9.61. The molecular formula is C22H34N2O4. The lowest BCUT2D eigenvalue weighted by Gasteiger charge is -2.46. The Morgan fingerprint density at radius 3 is 2.39 bits per heavy atom. The van der Waals surface area contributed by atoms with Crippen LogP contribution < -0.4 is 14.2 Å². The molecule has 0 amide bonds. The third-order valence-electron chi connectivity index (χ3n) is 6.26. The fourth-order valence-corrected chi connectivity index (χ4v) is 4.62. The Balaban J connectivity index is 1.72. The van der Waals surface area contributed by atoms with Crippen LogP contribution >= 0.6 is 0 Å². The first-order valence-electron chi connectivity index (χ1n) is 10.4. The Morgan fingerprint density at radius 1 is 1.07 bits per heavy atom. The lowest BCUT2D eigenvalue weighted by molar-refractivity contribution is 0.0244. The molecule has 0 radical (unpaired) electrons. The number of benzene rings is 1. The van der Waals surface area contributed by atoms with Crippen molar-refractivity contribution in [3.8, 4) is 17.2 Å². The van der Waals surface area contributed by atoms with Crippen LogP contribution in [0.15, 0.2) is 12.1 Å². The number of methoxy groups -OCH3 is 3. The molecule has 1 aromatic rings. The first kappa shape index (κ1) is 20.9. The topological polar surface area (TPSA) is 51.2 Å². The van der Waals surface area contributed by atoms with E-state index in [0.29, 0.717) is 35.3 Å². The van der Waals surface area contributed by atoms with Crippen LogP contribution in [0.1, 0.15) is 49.4 Å². The third-order valence-corrected chi connectivity index (χ3v) is 6.26. The number of fused-ring (bicyclic) bond motifs is 1. The van der Waals surface area contributed by atoms with E-state index in [9.17, 15) is 4.79 Å². The number of ether oxygens (including phenoxy) is 3. The van der Waals surface area contributed by atoms with Gasteiger partial charge >= 0.3 is 0 Å². The molecule has 0 aromatic heterocycles. The van der Waals surface area contributed by atoms with Crippen LogP contribution in [0.4, 0.5) is 0 Å². The zero-order chi connectivity index (χ0) is 20.1. The van der Waals surface area contributed by atoms with E-state index in [-0.39, 0.29) is 11.8 Å². The van der Waals surface area contributed by atoms with Gasteiger partial charge in [-0.2, -0.15) is 0 Å². The Kier molecular flexibility index (Phi) is 7.18. The number of hydrogen-bond donors (Lipinski definition) is 0. The minimum Gasteiger partial charge on any atom is -0.493 e. The fourth-order valence-electron chi connectivity index (χ4n) is 4.62. The predicted octanol–water partition coefficient (Wildman–Crippen LogP) is 3.23. The van der Waals surface area contributed by atoms with Gasteiger partial charge in [0, 0.05) is 43.7 Å². The van der Waals surface area contributed by atoms with Gasteiger partial charge in [0.1, 0.15) is 0 Å².